The number of aliphatic carboxylic acids is 1. The van der Waals surface area contributed by atoms with Gasteiger partial charge in [-0.15, -0.1) is 0 Å². The normalized spacial score (nSPS) is 17.0. The number of alkyl halides is 3. The van der Waals surface area contributed by atoms with E-state index in [0.29, 0.717) is 19.2 Å². The zero-order valence-electron chi connectivity index (χ0n) is 10.5. The molecule has 2 rings (SSSR count). The average Bonchev–Trinajstić information content (AvgIpc) is 2.26. The van der Waals surface area contributed by atoms with Crippen molar-refractivity contribution in [2.75, 3.05) is 13.1 Å². The van der Waals surface area contributed by atoms with E-state index >= 15 is 0 Å². The number of likely N-dealkylation sites (tertiary alicyclic amines) is 1. The minimum atomic E-state index is -4.59. The highest BCUT2D eigenvalue weighted by Gasteiger charge is 2.35. The van der Waals surface area contributed by atoms with Crippen LogP contribution in [-0.4, -0.2) is 29.1 Å². The second-order valence-electron chi connectivity index (χ2n) is 4.96. The zero-order valence-corrected chi connectivity index (χ0v) is 10.5. The molecule has 0 radical (unpaired) electrons. The summed E-state index contributed by atoms with van der Waals surface area (Å²) in [5.74, 6) is -1.86. The van der Waals surface area contributed by atoms with Gasteiger partial charge in [0.05, 0.1) is 12.0 Å². The van der Waals surface area contributed by atoms with Gasteiger partial charge in [0.1, 0.15) is 5.82 Å². The van der Waals surface area contributed by atoms with Gasteiger partial charge in [-0.05, 0) is 23.6 Å². The molecular weight excluding hydrogens is 278 g/mol. The predicted molar refractivity (Wildman–Crippen MR) is 62.4 cm³/mol. The Kier molecular flexibility index (Phi) is 3.99. The first-order valence-electron chi connectivity index (χ1n) is 6.05. The van der Waals surface area contributed by atoms with Crippen LogP contribution in [0.15, 0.2) is 18.2 Å². The SMILES string of the molecule is O=C(O)CC1CN(Cc2ccc(F)cc2C(F)(F)F)C1. The molecule has 1 aliphatic rings. The van der Waals surface area contributed by atoms with Crippen LogP contribution in [-0.2, 0) is 17.5 Å². The highest BCUT2D eigenvalue weighted by Crippen LogP contribution is 2.34. The summed E-state index contributed by atoms with van der Waals surface area (Å²) in [5, 5.41) is 8.60. The summed E-state index contributed by atoms with van der Waals surface area (Å²) in [6.45, 7) is 0.938. The number of halogens is 4. The summed E-state index contributed by atoms with van der Waals surface area (Å²) in [6.07, 6.45) is -4.57. The molecular formula is C13H13F4NO2. The molecule has 1 aromatic rings. The van der Waals surface area contributed by atoms with Crippen LogP contribution in [0.3, 0.4) is 0 Å². The monoisotopic (exact) mass is 291 g/mol. The van der Waals surface area contributed by atoms with Gasteiger partial charge in [0.25, 0.3) is 0 Å². The molecule has 0 aliphatic carbocycles. The molecule has 1 aliphatic heterocycles. The molecule has 0 unspecified atom stereocenters. The van der Waals surface area contributed by atoms with Crippen LogP contribution in [0.5, 0.6) is 0 Å². The van der Waals surface area contributed by atoms with Gasteiger partial charge in [-0.25, -0.2) is 4.39 Å². The van der Waals surface area contributed by atoms with Gasteiger partial charge >= 0.3 is 12.1 Å². The van der Waals surface area contributed by atoms with Gasteiger partial charge in [-0.1, -0.05) is 6.07 Å². The molecule has 3 nitrogen and oxygen atoms in total. The van der Waals surface area contributed by atoms with Crippen molar-refractivity contribution in [3.8, 4) is 0 Å². The maximum absolute atomic E-state index is 12.9. The van der Waals surface area contributed by atoms with Gasteiger partial charge in [-0.3, -0.25) is 9.69 Å². The fourth-order valence-corrected chi connectivity index (χ4v) is 2.37. The Bertz CT molecular complexity index is 510. The quantitative estimate of drug-likeness (QED) is 0.867. The Hall–Kier alpha value is -1.63. The third-order valence-electron chi connectivity index (χ3n) is 3.27. The molecule has 0 bridgehead atoms. The van der Waals surface area contributed by atoms with Crippen LogP contribution >= 0.6 is 0 Å². The predicted octanol–water partition coefficient (Wildman–Crippen LogP) is 2.75. The van der Waals surface area contributed by atoms with Gasteiger partial charge in [0.2, 0.25) is 0 Å². The van der Waals surface area contributed by atoms with E-state index in [2.05, 4.69) is 0 Å². The minimum absolute atomic E-state index is 0.00711. The number of benzene rings is 1. The van der Waals surface area contributed by atoms with Crippen molar-refractivity contribution in [1.29, 1.82) is 0 Å². The second kappa shape index (κ2) is 5.40. The Labute approximate surface area is 112 Å². The average molecular weight is 291 g/mol. The zero-order chi connectivity index (χ0) is 14.9. The van der Waals surface area contributed by atoms with Gasteiger partial charge in [-0.2, -0.15) is 13.2 Å². The molecule has 0 aromatic heterocycles. The largest absolute Gasteiger partial charge is 0.481 e. The van der Waals surface area contributed by atoms with Crippen molar-refractivity contribution in [2.45, 2.75) is 19.1 Å². The fraction of sp³-hybridized carbons (Fsp3) is 0.462. The third kappa shape index (κ3) is 3.47. The lowest BCUT2D eigenvalue weighted by Gasteiger charge is -2.39. The first-order chi connectivity index (χ1) is 9.25. The Morgan fingerprint density at radius 2 is 2.00 bits per heavy atom. The number of carboxylic acid groups (broad SMARTS) is 1. The molecule has 20 heavy (non-hydrogen) atoms. The van der Waals surface area contributed by atoms with Gasteiger partial charge in [0, 0.05) is 19.6 Å². The number of rotatable bonds is 4. The van der Waals surface area contributed by atoms with Crippen molar-refractivity contribution < 1.29 is 27.5 Å². The van der Waals surface area contributed by atoms with E-state index in [1.165, 1.54) is 0 Å². The van der Waals surface area contributed by atoms with Crippen molar-refractivity contribution >= 4 is 5.97 Å². The molecule has 1 fully saturated rings. The van der Waals surface area contributed by atoms with Gasteiger partial charge < -0.3 is 5.11 Å². The molecule has 1 saturated heterocycles. The Morgan fingerprint density at radius 3 is 2.55 bits per heavy atom. The van der Waals surface area contributed by atoms with Crippen LogP contribution in [0.4, 0.5) is 17.6 Å². The molecule has 0 amide bonds. The standard InChI is InChI=1S/C13H13F4NO2/c14-10-2-1-9(11(4-10)13(15,16)17)7-18-5-8(6-18)3-12(19)20/h1-2,4,8H,3,5-7H2,(H,19,20). The van der Waals surface area contributed by atoms with Crippen molar-refractivity contribution in [3.05, 3.63) is 35.1 Å². The van der Waals surface area contributed by atoms with E-state index in [1.54, 1.807) is 4.90 Å². The van der Waals surface area contributed by atoms with Crippen LogP contribution in [0.2, 0.25) is 0 Å². The van der Waals surface area contributed by atoms with Crippen LogP contribution in [0.25, 0.3) is 0 Å². The van der Waals surface area contributed by atoms with Crippen molar-refractivity contribution in [2.24, 2.45) is 5.92 Å². The molecule has 0 atom stereocenters. The summed E-state index contributed by atoms with van der Waals surface area (Å²) in [4.78, 5) is 12.2. The minimum Gasteiger partial charge on any atom is -0.481 e. The van der Waals surface area contributed by atoms with Crippen molar-refractivity contribution in [3.63, 3.8) is 0 Å². The summed E-state index contributed by atoms with van der Waals surface area (Å²) >= 11 is 0. The highest BCUT2D eigenvalue weighted by atomic mass is 19.4. The van der Waals surface area contributed by atoms with E-state index in [-0.39, 0.29) is 24.4 Å². The molecule has 1 N–H and O–H groups in total. The van der Waals surface area contributed by atoms with E-state index < -0.39 is 23.5 Å². The van der Waals surface area contributed by atoms with E-state index in [4.69, 9.17) is 5.11 Å². The molecule has 1 heterocycles. The first kappa shape index (κ1) is 14.8. The van der Waals surface area contributed by atoms with E-state index in [0.717, 1.165) is 12.1 Å². The van der Waals surface area contributed by atoms with E-state index in [1.807, 2.05) is 0 Å². The molecule has 110 valence electrons. The summed E-state index contributed by atoms with van der Waals surface area (Å²) < 4.78 is 51.3. The number of hydrogen-bond donors (Lipinski definition) is 1. The lowest BCUT2D eigenvalue weighted by atomic mass is 9.95. The summed E-state index contributed by atoms with van der Waals surface area (Å²) in [6, 6.07) is 2.62. The maximum atomic E-state index is 12.9. The number of nitrogens with zero attached hydrogens (tertiary/aromatic N) is 1. The Balaban J connectivity index is 2.03. The van der Waals surface area contributed by atoms with Crippen LogP contribution < -0.4 is 0 Å². The molecule has 0 saturated carbocycles. The fourth-order valence-electron chi connectivity index (χ4n) is 2.37. The lowest BCUT2D eigenvalue weighted by molar-refractivity contribution is -0.139. The van der Waals surface area contributed by atoms with Crippen LogP contribution in [0.1, 0.15) is 17.5 Å². The number of carbonyl (C=O) groups is 1. The topological polar surface area (TPSA) is 40.5 Å². The molecule has 0 spiro atoms. The number of carboxylic acids is 1. The molecule has 7 heteroatoms. The second-order valence-corrected chi connectivity index (χ2v) is 4.96. The van der Waals surface area contributed by atoms with E-state index in [9.17, 15) is 22.4 Å². The smallest absolute Gasteiger partial charge is 0.416 e. The Morgan fingerprint density at radius 1 is 1.35 bits per heavy atom. The maximum Gasteiger partial charge on any atom is 0.416 e. The lowest BCUT2D eigenvalue weighted by Crippen LogP contribution is -2.46. The summed E-state index contributed by atoms with van der Waals surface area (Å²) in [7, 11) is 0. The highest BCUT2D eigenvalue weighted by molar-refractivity contribution is 5.67. The van der Waals surface area contributed by atoms with Gasteiger partial charge in [0.15, 0.2) is 0 Å². The van der Waals surface area contributed by atoms with Crippen LogP contribution in [0, 0.1) is 11.7 Å². The molecule has 1 aromatic carbocycles. The third-order valence-corrected chi connectivity index (χ3v) is 3.27. The number of hydrogen-bond acceptors (Lipinski definition) is 2. The van der Waals surface area contributed by atoms with Crippen molar-refractivity contribution in [1.82, 2.24) is 4.90 Å². The summed E-state index contributed by atoms with van der Waals surface area (Å²) in [5.41, 5.74) is -0.966. The first-order valence-corrected chi connectivity index (χ1v) is 6.05.